The van der Waals surface area contributed by atoms with Gasteiger partial charge in [-0.15, -0.1) is 0 Å². The summed E-state index contributed by atoms with van der Waals surface area (Å²) in [6.07, 6.45) is -5.03. The Bertz CT molecular complexity index is 610. The van der Waals surface area contributed by atoms with Crippen molar-refractivity contribution in [3.05, 3.63) is 0 Å². The van der Waals surface area contributed by atoms with Gasteiger partial charge in [0.15, 0.2) is 6.17 Å². The summed E-state index contributed by atoms with van der Waals surface area (Å²) in [4.78, 5) is 11.2. The highest BCUT2D eigenvalue weighted by Crippen LogP contribution is 2.54. The zero-order valence-corrected chi connectivity index (χ0v) is 15.2. The average Bonchev–Trinajstić information content (AvgIpc) is 2.56. The van der Waals surface area contributed by atoms with Crippen LogP contribution in [0.1, 0.15) is 51.9 Å². The molecule has 1 saturated carbocycles. The van der Waals surface area contributed by atoms with Gasteiger partial charge < -0.3 is 15.9 Å². The van der Waals surface area contributed by atoms with E-state index in [0.29, 0.717) is 12.8 Å². The third-order valence-electron chi connectivity index (χ3n) is 4.90. The Balaban J connectivity index is 3.18. The van der Waals surface area contributed by atoms with Gasteiger partial charge in [0.05, 0.1) is 11.8 Å². The van der Waals surface area contributed by atoms with Gasteiger partial charge in [-0.05, 0) is 12.8 Å². The van der Waals surface area contributed by atoms with Crippen molar-refractivity contribution in [2.75, 3.05) is 0 Å². The largest absolute Gasteiger partial charge is 0.481 e. The molecule has 1 fully saturated rings. The lowest BCUT2D eigenvalue weighted by Crippen LogP contribution is -2.64. The molecule has 0 saturated heterocycles. The van der Waals surface area contributed by atoms with Crippen molar-refractivity contribution in [2.45, 2.75) is 75.8 Å². The van der Waals surface area contributed by atoms with Crippen molar-refractivity contribution in [1.29, 1.82) is 10.8 Å². The number of hydrogen-bond acceptors (Lipinski definition) is 3. The first kappa shape index (κ1) is 24.4. The van der Waals surface area contributed by atoms with Gasteiger partial charge in [-0.2, -0.15) is 26.3 Å². The minimum absolute atomic E-state index is 0.194. The maximum atomic E-state index is 14.5. The zero-order valence-electron chi connectivity index (χ0n) is 15.2. The van der Waals surface area contributed by atoms with E-state index >= 15 is 0 Å². The molecule has 0 heterocycles. The summed E-state index contributed by atoms with van der Waals surface area (Å²) in [6, 6.07) is 0. The van der Waals surface area contributed by atoms with Crippen LogP contribution < -0.4 is 0 Å². The summed E-state index contributed by atoms with van der Waals surface area (Å²) in [5.41, 5.74) is -1.72. The third-order valence-corrected chi connectivity index (χ3v) is 4.90. The van der Waals surface area contributed by atoms with Gasteiger partial charge in [-0.25, -0.2) is 4.39 Å². The highest BCUT2D eigenvalue weighted by Gasteiger charge is 2.77. The van der Waals surface area contributed by atoms with E-state index in [-0.39, 0.29) is 12.8 Å². The predicted molar refractivity (Wildman–Crippen MR) is 87.8 cm³/mol. The highest BCUT2D eigenvalue weighted by atomic mass is 19.3. The van der Waals surface area contributed by atoms with Gasteiger partial charge in [-0.3, -0.25) is 4.79 Å². The van der Waals surface area contributed by atoms with Crippen molar-refractivity contribution < 1.29 is 40.6 Å². The summed E-state index contributed by atoms with van der Waals surface area (Å²) < 4.78 is 99.3. The number of aliphatic carboxylic acids is 1. The SMILES string of the molecule is CCCCCCC(F)C(F)(F)C(F)(F)C(F)(F)C1C(=N)CC(=N)CC1C(=O)O. The highest BCUT2D eigenvalue weighted by molar-refractivity contribution is 6.08. The lowest BCUT2D eigenvalue weighted by Gasteiger charge is -2.41. The van der Waals surface area contributed by atoms with E-state index in [1.807, 2.05) is 0 Å². The molecule has 3 unspecified atom stereocenters. The van der Waals surface area contributed by atoms with Gasteiger partial charge in [0.1, 0.15) is 0 Å². The van der Waals surface area contributed by atoms with Gasteiger partial charge in [0.25, 0.3) is 0 Å². The molecule has 0 spiro atoms. The molecule has 11 heteroatoms. The van der Waals surface area contributed by atoms with Crippen LogP contribution in [0.15, 0.2) is 0 Å². The molecule has 0 aromatic heterocycles. The number of halogens is 7. The molecule has 28 heavy (non-hydrogen) atoms. The van der Waals surface area contributed by atoms with E-state index in [4.69, 9.17) is 15.9 Å². The second kappa shape index (κ2) is 8.77. The molecule has 0 amide bonds. The average molecular weight is 420 g/mol. The van der Waals surface area contributed by atoms with Gasteiger partial charge in [-0.1, -0.05) is 32.6 Å². The smallest absolute Gasteiger partial charge is 0.375 e. The van der Waals surface area contributed by atoms with Crippen LogP contribution in [0.25, 0.3) is 0 Å². The summed E-state index contributed by atoms with van der Waals surface area (Å²) in [7, 11) is 0. The summed E-state index contributed by atoms with van der Waals surface area (Å²) in [6.45, 7) is 1.77. The molecular formula is C17H23F7N2O2. The Morgan fingerprint density at radius 1 is 1.14 bits per heavy atom. The molecule has 3 atom stereocenters. The Morgan fingerprint density at radius 2 is 1.71 bits per heavy atom. The van der Waals surface area contributed by atoms with Crippen molar-refractivity contribution in [1.82, 2.24) is 0 Å². The minimum atomic E-state index is -6.21. The van der Waals surface area contributed by atoms with Crippen LogP contribution in [-0.4, -0.2) is 46.4 Å². The number of alkyl halides is 7. The molecule has 1 rings (SSSR count). The molecule has 1 aliphatic carbocycles. The fourth-order valence-electron chi connectivity index (χ4n) is 3.29. The maximum Gasteiger partial charge on any atom is 0.375 e. The third kappa shape index (κ3) is 4.48. The van der Waals surface area contributed by atoms with Crippen LogP contribution in [0.3, 0.4) is 0 Å². The molecule has 0 aromatic carbocycles. The topological polar surface area (TPSA) is 85.0 Å². The van der Waals surface area contributed by atoms with E-state index in [1.54, 1.807) is 6.92 Å². The standard InChI is InChI=1S/C17H23F7N2O2/c1-2-3-4-5-6-12(18)15(19,20)17(23,24)16(21,22)13-10(14(27)28)7-9(25)8-11(13)26/h10,12-13,25-26H,2-8H2,1H3,(H,27,28). The number of carbonyl (C=O) groups is 1. The minimum Gasteiger partial charge on any atom is -0.481 e. The Labute approximate surface area is 157 Å². The number of rotatable bonds is 10. The summed E-state index contributed by atoms with van der Waals surface area (Å²) in [5, 5.41) is 23.8. The van der Waals surface area contributed by atoms with Gasteiger partial charge in [0.2, 0.25) is 0 Å². The fourth-order valence-corrected chi connectivity index (χ4v) is 3.29. The number of hydrogen-bond donors (Lipinski definition) is 3. The second-order valence-corrected chi connectivity index (χ2v) is 7.07. The Kier molecular flexibility index (Phi) is 7.63. The predicted octanol–water partition coefficient (Wildman–Crippen LogP) is 5.35. The van der Waals surface area contributed by atoms with Crippen molar-refractivity contribution in [2.24, 2.45) is 11.8 Å². The zero-order chi connectivity index (χ0) is 21.9. The van der Waals surface area contributed by atoms with Gasteiger partial charge >= 0.3 is 23.7 Å². The van der Waals surface area contributed by atoms with Gasteiger partial charge in [0, 0.05) is 17.8 Å². The molecule has 1 aliphatic rings. The monoisotopic (exact) mass is 420 g/mol. The Hall–Kier alpha value is -1.68. The molecular weight excluding hydrogens is 397 g/mol. The van der Waals surface area contributed by atoms with E-state index in [9.17, 15) is 35.5 Å². The van der Waals surface area contributed by atoms with E-state index < -0.39 is 72.4 Å². The van der Waals surface area contributed by atoms with Crippen LogP contribution in [0.4, 0.5) is 30.7 Å². The first-order valence-corrected chi connectivity index (χ1v) is 8.85. The van der Waals surface area contributed by atoms with Crippen LogP contribution in [0.5, 0.6) is 0 Å². The molecule has 4 nitrogen and oxygen atoms in total. The van der Waals surface area contributed by atoms with Crippen LogP contribution in [-0.2, 0) is 4.79 Å². The van der Waals surface area contributed by atoms with Crippen molar-refractivity contribution in [3.63, 3.8) is 0 Å². The normalized spacial score (nSPS) is 23.0. The molecule has 3 N–H and O–H groups in total. The molecule has 0 aliphatic heterocycles. The van der Waals surface area contributed by atoms with E-state index in [1.165, 1.54) is 0 Å². The lowest BCUT2D eigenvalue weighted by molar-refractivity contribution is -0.336. The first-order chi connectivity index (χ1) is 12.7. The first-order valence-electron chi connectivity index (χ1n) is 8.85. The van der Waals surface area contributed by atoms with Crippen LogP contribution in [0.2, 0.25) is 0 Å². The quantitative estimate of drug-likeness (QED) is 0.329. The molecule has 0 aromatic rings. The lowest BCUT2D eigenvalue weighted by atomic mass is 9.71. The summed E-state index contributed by atoms with van der Waals surface area (Å²) in [5.74, 6) is -25.1. The van der Waals surface area contributed by atoms with Crippen LogP contribution in [0, 0.1) is 22.7 Å². The van der Waals surface area contributed by atoms with E-state index in [0.717, 1.165) is 0 Å². The molecule has 0 bridgehead atoms. The number of carboxylic acids is 1. The van der Waals surface area contributed by atoms with Crippen molar-refractivity contribution in [3.8, 4) is 0 Å². The molecule has 0 radical (unpaired) electrons. The summed E-state index contributed by atoms with van der Waals surface area (Å²) >= 11 is 0. The Morgan fingerprint density at radius 3 is 2.21 bits per heavy atom. The second-order valence-electron chi connectivity index (χ2n) is 7.07. The molecule has 162 valence electrons. The number of unbranched alkanes of at least 4 members (excludes halogenated alkanes) is 3. The van der Waals surface area contributed by atoms with E-state index in [2.05, 4.69) is 0 Å². The number of nitrogens with one attached hydrogen (secondary N) is 2. The van der Waals surface area contributed by atoms with Crippen LogP contribution >= 0.6 is 0 Å². The number of carboxylic acid groups (broad SMARTS) is 1. The fraction of sp³-hybridized carbons (Fsp3) is 0.824. The van der Waals surface area contributed by atoms with Crippen molar-refractivity contribution >= 4 is 17.4 Å². The maximum absolute atomic E-state index is 14.5.